The maximum absolute atomic E-state index is 12.5. The van der Waals surface area contributed by atoms with Crippen LogP contribution in [0.25, 0.3) is 0 Å². The summed E-state index contributed by atoms with van der Waals surface area (Å²) in [6, 6.07) is -0.627. The Morgan fingerprint density at radius 3 is 0.987 bits per heavy atom. The van der Waals surface area contributed by atoms with Crippen molar-refractivity contribution in [1.29, 1.82) is 0 Å². The molecule has 466 valence electrons. The van der Waals surface area contributed by atoms with Gasteiger partial charge >= 0.3 is 5.97 Å². The molecule has 79 heavy (non-hydrogen) atoms. The monoisotopic (exact) mass is 1110 g/mol. The van der Waals surface area contributed by atoms with Gasteiger partial charge in [-0.25, -0.2) is 0 Å². The summed E-state index contributed by atoms with van der Waals surface area (Å²) in [5, 5.41) is 23.3. The lowest BCUT2D eigenvalue weighted by molar-refractivity contribution is -0.143. The van der Waals surface area contributed by atoms with Crippen molar-refractivity contribution in [2.75, 3.05) is 13.2 Å². The molecule has 2 atom stereocenters. The molecule has 0 aliphatic rings. The first-order valence-electron chi connectivity index (χ1n) is 35.8. The number of nitrogens with one attached hydrogen (secondary N) is 1. The topological polar surface area (TPSA) is 95.9 Å². The fourth-order valence-corrected chi connectivity index (χ4v) is 11.2. The maximum atomic E-state index is 12.5. The predicted molar refractivity (Wildman–Crippen MR) is 347 cm³/mol. The highest BCUT2D eigenvalue weighted by atomic mass is 16.5. The van der Waals surface area contributed by atoms with Gasteiger partial charge < -0.3 is 20.3 Å². The molecule has 0 aliphatic carbocycles. The van der Waals surface area contributed by atoms with E-state index in [2.05, 4.69) is 43.5 Å². The van der Waals surface area contributed by atoms with Crippen molar-refractivity contribution < 1.29 is 24.5 Å². The number of carbonyl (C=O) groups is 2. The smallest absolute Gasteiger partial charge is 0.305 e. The van der Waals surface area contributed by atoms with Gasteiger partial charge in [-0.15, -0.1) is 0 Å². The first-order chi connectivity index (χ1) is 39.0. The molecule has 3 N–H and O–H groups in total. The normalized spacial score (nSPS) is 12.7. The molecule has 6 heteroatoms. The largest absolute Gasteiger partial charge is 0.466 e. The summed E-state index contributed by atoms with van der Waals surface area (Å²) >= 11 is 0. The van der Waals surface area contributed by atoms with Crippen LogP contribution in [-0.2, 0) is 14.3 Å². The summed E-state index contributed by atoms with van der Waals surface area (Å²) in [5.74, 6) is -0.0588. The molecule has 1 amide bonds. The van der Waals surface area contributed by atoms with Crippen molar-refractivity contribution in [3.63, 3.8) is 0 Å². The second-order valence-electron chi connectivity index (χ2n) is 24.6. The van der Waals surface area contributed by atoms with Crippen molar-refractivity contribution in [3.8, 4) is 0 Å². The summed E-state index contributed by atoms with van der Waals surface area (Å²) in [6.07, 6.45) is 87.9. The lowest BCUT2D eigenvalue weighted by Gasteiger charge is -2.20. The Balaban J connectivity index is 3.39. The van der Waals surface area contributed by atoms with Gasteiger partial charge in [0.05, 0.1) is 25.4 Å². The number of aliphatic hydroxyl groups excluding tert-OH is 2. The third-order valence-electron chi connectivity index (χ3n) is 16.7. The zero-order chi connectivity index (χ0) is 57.1. The number of aliphatic hydroxyl groups is 2. The molecule has 0 spiro atoms. The Morgan fingerprint density at radius 2 is 0.633 bits per heavy atom. The van der Waals surface area contributed by atoms with Crippen LogP contribution in [0.1, 0.15) is 393 Å². The Labute approximate surface area is 494 Å². The first-order valence-corrected chi connectivity index (χ1v) is 35.8. The van der Waals surface area contributed by atoms with Crippen LogP contribution in [0.3, 0.4) is 0 Å². The van der Waals surface area contributed by atoms with Gasteiger partial charge in [0, 0.05) is 12.8 Å². The number of ether oxygens (including phenoxy) is 1. The van der Waals surface area contributed by atoms with Gasteiger partial charge in [0.2, 0.25) is 5.91 Å². The molecule has 0 aromatic heterocycles. The molecule has 0 aromatic rings. The van der Waals surface area contributed by atoms with E-state index in [1.54, 1.807) is 6.08 Å². The van der Waals surface area contributed by atoms with Gasteiger partial charge in [0.25, 0.3) is 0 Å². The third kappa shape index (κ3) is 65.1. The van der Waals surface area contributed by atoms with Crippen molar-refractivity contribution >= 4 is 11.9 Å². The molecular formula is C73H139NO5. The van der Waals surface area contributed by atoms with Crippen molar-refractivity contribution in [2.24, 2.45) is 0 Å². The van der Waals surface area contributed by atoms with Gasteiger partial charge in [0.1, 0.15) is 0 Å². The summed E-state index contributed by atoms with van der Waals surface area (Å²) < 4.78 is 5.49. The number of rotatable bonds is 67. The number of carbonyl (C=O) groups excluding carboxylic acids is 2. The Hall–Kier alpha value is -1.92. The molecule has 0 aliphatic heterocycles. The molecular weight excluding hydrogens is 971 g/mol. The molecule has 6 nitrogen and oxygen atoms in total. The summed E-state index contributed by atoms with van der Waals surface area (Å²) in [5.41, 5.74) is 0. The number of unbranched alkanes of at least 4 members (excludes halogenated alkanes) is 52. The van der Waals surface area contributed by atoms with E-state index in [0.29, 0.717) is 19.4 Å². The van der Waals surface area contributed by atoms with Crippen LogP contribution in [0.15, 0.2) is 36.5 Å². The number of esters is 1. The highest BCUT2D eigenvalue weighted by Crippen LogP contribution is 2.19. The Morgan fingerprint density at radius 1 is 0.354 bits per heavy atom. The lowest BCUT2D eigenvalue weighted by Crippen LogP contribution is -2.45. The van der Waals surface area contributed by atoms with Gasteiger partial charge in [-0.05, 0) is 64.2 Å². The zero-order valence-electron chi connectivity index (χ0n) is 53.4. The van der Waals surface area contributed by atoms with E-state index in [4.69, 9.17) is 4.74 Å². The van der Waals surface area contributed by atoms with Crippen LogP contribution >= 0.6 is 0 Å². The van der Waals surface area contributed by atoms with Crippen LogP contribution in [-0.4, -0.2) is 47.4 Å². The van der Waals surface area contributed by atoms with E-state index in [1.807, 2.05) is 6.08 Å². The van der Waals surface area contributed by atoms with E-state index in [-0.39, 0.29) is 18.5 Å². The highest BCUT2D eigenvalue weighted by molar-refractivity contribution is 5.76. The molecule has 0 saturated heterocycles. The summed E-state index contributed by atoms with van der Waals surface area (Å²) in [6.45, 7) is 4.91. The minimum atomic E-state index is -0.844. The molecule has 0 rings (SSSR count). The van der Waals surface area contributed by atoms with Crippen LogP contribution in [0, 0.1) is 0 Å². The zero-order valence-corrected chi connectivity index (χ0v) is 53.4. The van der Waals surface area contributed by atoms with Crippen LogP contribution in [0.2, 0.25) is 0 Å². The average molecular weight is 1110 g/mol. The van der Waals surface area contributed by atoms with E-state index in [0.717, 1.165) is 51.4 Å². The molecule has 0 aromatic carbocycles. The van der Waals surface area contributed by atoms with E-state index in [1.165, 1.54) is 315 Å². The SMILES string of the molecule is CCCCC/C=C\C/C=C\CCCCCCCC(=O)OCCCCCCCCCCCCCCCCCCCCCCCCCCCCC(=O)NC(CO)C(O)/C=C/CCCCCCCCCCCCCCCCCCCCC. The van der Waals surface area contributed by atoms with E-state index < -0.39 is 12.1 Å². The van der Waals surface area contributed by atoms with Gasteiger partial charge in [0.15, 0.2) is 0 Å². The molecule has 0 heterocycles. The predicted octanol–water partition coefficient (Wildman–Crippen LogP) is 23.1. The average Bonchev–Trinajstić information content (AvgIpc) is 3.45. The molecule has 0 fully saturated rings. The molecule has 0 radical (unpaired) electrons. The van der Waals surface area contributed by atoms with Crippen molar-refractivity contribution in [2.45, 2.75) is 405 Å². The van der Waals surface area contributed by atoms with E-state index in [9.17, 15) is 19.8 Å². The number of hydrogen-bond acceptors (Lipinski definition) is 5. The summed E-state index contributed by atoms with van der Waals surface area (Å²) in [4.78, 5) is 24.6. The van der Waals surface area contributed by atoms with Crippen LogP contribution in [0.5, 0.6) is 0 Å². The number of hydrogen-bond donors (Lipinski definition) is 3. The minimum Gasteiger partial charge on any atom is -0.466 e. The molecule has 2 unspecified atom stereocenters. The van der Waals surface area contributed by atoms with Crippen molar-refractivity contribution in [1.82, 2.24) is 5.32 Å². The second kappa shape index (κ2) is 68.6. The first kappa shape index (κ1) is 77.1. The third-order valence-corrected chi connectivity index (χ3v) is 16.7. The van der Waals surface area contributed by atoms with Gasteiger partial charge in [-0.3, -0.25) is 9.59 Å². The highest BCUT2D eigenvalue weighted by Gasteiger charge is 2.18. The minimum absolute atomic E-state index is 0.00332. The van der Waals surface area contributed by atoms with Crippen LogP contribution < -0.4 is 5.32 Å². The number of amides is 1. The molecule has 0 bridgehead atoms. The second-order valence-corrected chi connectivity index (χ2v) is 24.6. The fraction of sp³-hybridized carbons (Fsp3) is 0.890. The standard InChI is InChI=1S/C73H139NO5/c1-3-5-7-9-11-13-15-17-19-20-21-28-31-34-38-41-45-49-53-57-61-65-71(76)70(69-75)74-72(77)66-62-58-54-50-46-42-39-35-32-29-26-24-22-23-25-27-30-33-36-40-44-48-52-56-60-64-68-79-73(78)67-63-59-55-51-47-43-37-18-16-14-12-10-8-6-4-2/h12,14,18,37,61,65,70-71,75-76H,3-11,13,15-17,19-36,38-60,62-64,66-69H2,1-2H3,(H,74,77)/b14-12-,37-18-,65-61+. The maximum Gasteiger partial charge on any atom is 0.305 e. The number of allylic oxidation sites excluding steroid dienone is 5. The van der Waals surface area contributed by atoms with E-state index >= 15 is 0 Å². The lowest BCUT2D eigenvalue weighted by atomic mass is 10.0. The fourth-order valence-electron chi connectivity index (χ4n) is 11.2. The Kier molecular flexibility index (Phi) is 66.9. The van der Waals surface area contributed by atoms with Gasteiger partial charge in [-0.2, -0.15) is 0 Å². The quantitative estimate of drug-likeness (QED) is 0.0320. The Bertz CT molecular complexity index is 1280. The van der Waals surface area contributed by atoms with Crippen molar-refractivity contribution in [3.05, 3.63) is 36.5 Å². The summed E-state index contributed by atoms with van der Waals surface area (Å²) in [7, 11) is 0. The van der Waals surface area contributed by atoms with Gasteiger partial charge in [-0.1, -0.05) is 352 Å². The van der Waals surface area contributed by atoms with Crippen LogP contribution in [0.4, 0.5) is 0 Å². The molecule has 0 saturated carbocycles.